The van der Waals surface area contributed by atoms with E-state index in [2.05, 4.69) is 51.4 Å². The quantitative estimate of drug-likeness (QED) is 0.601. The highest BCUT2D eigenvalue weighted by Crippen LogP contribution is 2.19. The summed E-state index contributed by atoms with van der Waals surface area (Å²) in [6.45, 7) is 0.678. The Hall–Kier alpha value is -3.41. The molecule has 0 bridgehead atoms. The molecule has 2 aromatic heterocycles. The zero-order chi connectivity index (χ0) is 17.2. The summed E-state index contributed by atoms with van der Waals surface area (Å²) in [6, 6.07) is 18.8. The minimum absolute atomic E-state index is 0.103. The standard InChI is InChI=1S/C19H17N5O/c20-19-22-17-16(18(25)23-19)21-12-24(17)11-10-13-6-8-15(9-7-13)14-4-2-1-3-5-14/h1-9,12H,10-11H2,(H3,20,22,23,25). The average molecular weight is 331 g/mol. The molecule has 2 aromatic carbocycles. The lowest BCUT2D eigenvalue weighted by molar-refractivity contribution is 0.709. The fourth-order valence-electron chi connectivity index (χ4n) is 2.88. The highest BCUT2D eigenvalue weighted by Gasteiger charge is 2.09. The summed E-state index contributed by atoms with van der Waals surface area (Å²) < 4.78 is 1.85. The van der Waals surface area contributed by atoms with E-state index in [1.165, 1.54) is 16.7 Å². The zero-order valence-electron chi connectivity index (χ0n) is 13.5. The van der Waals surface area contributed by atoms with Crippen molar-refractivity contribution in [3.05, 3.63) is 76.8 Å². The van der Waals surface area contributed by atoms with E-state index in [0.717, 1.165) is 6.42 Å². The van der Waals surface area contributed by atoms with Crippen LogP contribution in [0.3, 0.4) is 0 Å². The molecule has 0 spiro atoms. The summed E-state index contributed by atoms with van der Waals surface area (Å²) in [7, 11) is 0. The molecule has 2 heterocycles. The van der Waals surface area contributed by atoms with E-state index in [0.29, 0.717) is 17.7 Å². The van der Waals surface area contributed by atoms with Gasteiger partial charge in [0.1, 0.15) is 0 Å². The number of aryl methyl sites for hydroxylation is 2. The van der Waals surface area contributed by atoms with E-state index >= 15 is 0 Å². The second-order valence-corrected chi connectivity index (χ2v) is 5.87. The number of aromatic nitrogens is 4. The molecule has 25 heavy (non-hydrogen) atoms. The number of aromatic amines is 1. The van der Waals surface area contributed by atoms with Gasteiger partial charge in [0, 0.05) is 6.54 Å². The number of hydrogen-bond acceptors (Lipinski definition) is 4. The highest BCUT2D eigenvalue weighted by atomic mass is 16.1. The van der Waals surface area contributed by atoms with E-state index in [1.807, 2.05) is 22.8 Å². The van der Waals surface area contributed by atoms with Crippen molar-refractivity contribution in [2.75, 3.05) is 5.73 Å². The molecule has 0 radical (unpaired) electrons. The molecule has 0 atom stereocenters. The van der Waals surface area contributed by atoms with Crippen molar-refractivity contribution in [1.29, 1.82) is 0 Å². The lowest BCUT2D eigenvalue weighted by atomic mass is 10.0. The van der Waals surface area contributed by atoms with Crippen LogP contribution in [0, 0.1) is 0 Å². The average Bonchev–Trinajstić information content (AvgIpc) is 3.04. The van der Waals surface area contributed by atoms with Crippen molar-refractivity contribution in [3.63, 3.8) is 0 Å². The van der Waals surface area contributed by atoms with E-state index in [4.69, 9.17) is 5.73 Å². The van der Waals surface area contributed by atoms with Crippen molar-refractivity contribution in [2.24, 2.45) is 0 Å². The van der Waals surface area contributed by atoms with Crippen LogP contribution in [0.4, 0.5) is 5.95 Å². The Labute approximate surface area is 144 Å². The molecular formula is C19H17N5O. The Bertz CT molecular complexity index is 1060. The predicted molar refractivity (Wildman–Crippen MR) is 98.1 cm³/mol. The topological polar surface area (TPSA) is 89.6 Å². The van der Waals surface area contributed by atoms with Gasteiger partial charge in [0.2, 0.25) is 5.95 Å². The number of rotatable bonds is 4. The summed E-state index contributed by atoms with van der Waals surface area (Å²) in [6.07, 6.45) is 2.44. The van der Waals surface area contributed by atoms with Gasteiger partial charge >= 0.3 is 0 Å². The third-order valence-electron chi connectivity index (χ3n) is 4.20. The maximum absolute atomic E-state index is 11.8. The first-order chi connectivity index (χ1) is 12.2. The van der Waals surface area contributed by atoms with Gasteiger partial charge in [-0.15, -0.1) is 0 Å². The second-order valence-electron chi connectivity index (χ2n) is 5.87. The van der Waals surface area contributed by atoms with Crippen molar-refractivity contribution < 1.29 is 0 Å². The maximum Gasteiger partial charge on any atom is 0.280 e. The summed E-state index contributed by atoms with van der Waals surface area (Å²) >= 11 is 0. The Morgan fingerprint density at radius 1 is 1.00 bits per heavy atom. The summed E-state index contributed by atoms with van der Waals surface area (Å²) in [5.41, 5.74) is 9.75. The van der Waals surface area contributed by atoms with E-state index in [-0.39, 0.29) is 11.5 Å². The van der Waals surface area contributed by atoms with Gasteiger partial charge in [-0.05, 0) is 23.1 Å². The first-order valence-corrected chi connectivity index (χ1v) is 8.06. The Morgan fingerprint density at radius 3 is 2.48 bits per heavy atom. The Morgan fingerprint density at radius 2 is 1.72 bits per heavy atom. The molecule has 124 valence electrons. The van der Waals surface area contributed by atoms with Gasteiger partial charge in [-0.1, -0.05) is 54.6 Å². The van der Waals surface area contributed by atoms with E-state index in [1.54, 1.807) is 6.33 Å². The summed E-state index contributed by atoms with van der Waals surface area (Å²) in [5.74, 6) is 0.103. The number of nitrogen functional groups attached to an aromatic ring is 1. The number of benzene rings is 2. The van der Waals surface area contributed by atoms with Crippen LogP contribution in [0.15, 0.2) is 65.7 Å². The molecule has 6 nitrogen and oxygen atoms in total. The van der Waals surface area contributed by atoms with Gasteiger partial charge in [-0.2, -0.15) is 4.98 Å². The number of fused-ring (bicyclic) bond motifs is 1. The van der Waals surface area contributed by atoms with Crippen LogP contribution in [0.2, 0.25) is 0 Å². The van der Waals surface area contributed by atoms with Crippen LogP contribution in [-0.2, 0) is 13.0 Å². The molecule has 0 fully saturated rings. The van der Waals surface area contributed by atoms with E-state index in [9.17, 15) is 4.79 Å². The van der Waals surface area contributed by atoms with Crippen LogP contribution in [0.25, 0.3) is 22.3 Å². The van der Waals surface area contributed by atoms with Crippen molar-refractivity contribution in [1.82, 2.24) is 19.5 Å². The molecule has 0 amide bonds. The highest BCUT2D eigenvalue weighted by molar-refractivity contribution is 5.70. The number of H-pyrrole nitrogens is 1. The molecule has 0 unspecified atom stereocenters. The van der Waals surface area contributed by atoms with E-state index < -0.39 is 0 Å². The Kier molecular flexibility index (Phi) is 3.78. The molecule has 4 rings (SSSR count). The molecule has 3 N–H and O–H groups in total. The molecule has 0 saturated heterocycles. The molecule has 0 aliphatic rings. The van der Waals surface area contributed by atoms with Crippen LogP contribution in [0.1, 0.15) is 5.56 Å². The fraction of sp³-hybridized carbons (Fsp3) is 0.105. The minimum atomic E-state index is -0.312. The van der Waals surface area contributed by atoms with Gasteiger partial charge in [0.25, 0.3) is 5.56 Å². The van der Waals surface area contributed by atoms with Crippen molar-refractivity contribution in [2.45, 2.75) is 13.0 Å². The van der Waals surface area contributed by atoms with Crippen molar-refractivity contribution in [3.8, 4) is 11.1 Å². The summed E-state index contributed by atoms with van der Waals surface area (Å²) in [4.78, 5) is 22.6. The van der Waals surface area contributed by atoms with Gasteiger partial charge in [0.05, 0.1) is 6.33 Å². The third kappa shape index (κ3) is 3.01. The number of nitrogens with one attached hydrogen (secondary N) is 1. The molecular weight excluding hydrogens is 314 g/mol. The largest absolute Gasteiger partial charge is 0.369 e. The van der Waals surface area contributed by atoms with Crippen molar-refractivity contribution >= 4 is 17.1 Å². The number of anilines is 1. The van der Waals surface area contributed by atoms with Crippen LogP contribution >= 0.6 is 0 Å². The van der Waals surface area contributed by atoms with Gasteiger partial charge < -0.3 is 10.3 Å². The number of hydrogen-bond donors (Lipinski definition) is 2. The monoisotopic (exact) mass is 331 g/mol. The lowest BCUT2D eigenvalue weighted by Gasteiger charge is -2.06. The molecule has 0 aliphatic heterocycles. The van der Waals surface area contributed by atoms with Crippen LogP contribution in [-0.4, -0.2) is 19.5 Å². The SMILES string of the molecule is Nc1nc2c(ncn2CCc2ccc(-c3ccccc3)cc2)c(=O)[nH]1. The number of imidazole rings is 1. The second kappa shape index (κ2) is 6.24. The zero-order valence-corrected chi connectivity index (χ0v) is 13.5. The van der Waals surface area contributed by atoms with Gasteiger partial charge in [-0.25, -0.2) is 4.98 Å². The van der Waals surface area contributed by atoms with Crippen LogP contribution < -0.4 is 11.3 Å². The molecule has 4 aromatic rings. The minimum Gasteiger partial charge on any atom is -0.369 e. The molecule has 0 saturated carbocycles. The smallest absolute Gasteiger partial charge is 0.280 e. The number of nitrogens with zero attached hydrogens (tertiary/aromatic N) is 3. The molecule has 6 heteroatoms. The summed E-state index contributed by atoms with van der Waals surface area (Å²) in [5, 5.41) is 0. The fourth-order valence-corrected chi connectivity index (χ4v) is 2.88. The normalized spacial score (nSPS) is 11.0. The third-order valence-corrected chi connectivity index (χ3v) is 4.20. The first kappa shape index (κ1) is 15.1. The van der Waals surface area contributed by atoms with Gasteiger partial charge in [0.15, 0.2) is 11.2 Å². The molecule has 0 aliphatic carbocycles. The maximum atomic E-state index is 11.8. The van der Waals surface area contributed by atoms with Crippen LogP contribution in [0.5, 0.6) is 0 Å². The number of nitrogens with two attached hydrogens (primary N) is 1. The Balaban J connectivity index is 1.53. The van der Waals surface area contributed by atoms with Gasteiger partial charge in [-0.3, -0.25) is 9.78 Å². The lowest BCUT2D eigenvalue weighted by Crippen LogP contribution is -2.12. The first-order valence-electron chi connectivity index (χ1n) is 8.06. The predicted octanol–water partition coefficient (Wildman–Crippen LogP) is 2.61.